The Bertz CT molecular complexity index is 900. The van der Waals surface area contributed by atoms with E-state index in [9.17, 15) is 79.8 Å². The molecule has 0 aliphatic rings. The summed E-state index contributed by atoms with van der Waals surface area (Å²) in [7, 11) is 0. The van der Waals surface area contributed by atoms with Gasteiger partial charge in [-0.2, -0.15) is 70.2 Å². The Balaban J connectivity index is 6.04. The lowest BCUT2D eigenvalue weighted by atomic mass is 10.4. The molecule has 0 aromatic heterocycles. The Kier molecular flexibility index (Phi) is 9.86. The number of hydrogen-bond donors (Lipinski definition) is 0. The molecule has 0 fully saturated rings. The van der Waals surface area contributed by atoms with Gasteiger partial charge in [0.05, 0.1) is 0 Å². The van der Waals surface area contributed by atoms with Crippen molar-refractivity contribution in [1.82, 2.24) is 0 Å². The number of rotatable bonds is 14. The van der Waals surface area contributed by atoms with Crippen LogP contribution in [-0.2, 0) is 33.3 Å². The van der Waals surface area contributed by atoms with Gasteiger partial charge in [-0.1, -0.05) is 13.2 Å². The second-order valence-electron chi connectivity index (χ2n) is 6.78. The van der Waals surface area contributed by atoms with E-state index in [2.05, 4.69) is 22.6 Å². The first-order chi connectivity index (χ1) is 16.8. The maximum absolute atomic E-state index is 13.4. The van der Waals surface area contributed by atoms with E-state index in [1.165, 1.54) is 4.74 Å². The molecule has 0 unspecified atom stereocenters. The van der Waals surface area contributed by atoms with Crippen LogP contribution in [-0.4, -0.2) is 60.8 Å². The average Bonchev–Trinajstić information content (AvgIpc) is 2.63. The minimum atomic E-state index is -7.63. The fourth-order valence-electron chi connectivity index (χ4n) is 1.37. The van der Waals surface area contributed by atoms with Gasteiger partial charge in [0.15, 0.2) is 0 Å². The Hall–Kier alpha value is -2.82. The third-order valence-corrected chi connectivity index (χ3v) is 3.26. The Morgan fingerprint density at radius 3 is 0.718 bits per heavy atom. The second kappa shape index (κ2) is 10.6. The average molecular weight is 618 g/mol. The van der Waals surface area contributed by atoms with Crippen molar-refractivity contribution in [3.63, 3.8) is 0 Å². The van der Waals surface area contributed by atoms with Crippen molar-refractivity contribution in [3.8, 4) is 0 Å². The highest BCUT2D eigenvalue weighted by Crippen LogP contribution is 2.51. The number of carbonyl (C=O) groups excluding carboxylic acids is 2. The van der Waals surface area contributed by atoms with Gasteiger partial charge < -0.3 is 9.47 Å². The summed E-state index contributed by atoms with van der Waals surface area (Å²) in [4.78, 5) is 21.7. The van der Waals surface area contributed by atoms with Crippen LogP contribution in [0.25, 0.3) is 0 Å². The first-order valence-corrected chi connectivity index (χ1v) is 8.68. The van der Waals surface area contributed by atoms with Crippen molar-refractivity contribution in [2.24, 2.45) is 0 Å². The zero-order valence-corrected chi connectivity index (χ0v) is 18.3. The maximum Gasteiger partial charge on any atom is 0.496 e. The fourth-order valence-corrected chi connectivity index (χ4v) is 1.37. The summed E-state index contributed by atoms with van der Waals surface area (Å²) in [6.07, 6.45) is -57.8. The highest BCUT2D eigenvalue weighted by Gasteiger charge is 2.78. The van der Waals surface area contributed by atoms with Gasteiger partial charge in [-0.05, 0) is 13.8 Å². The molecule has 0 rings (SSSR count). The zero-order chi connectivity index (χ0) is 31.8. The van der Waals surface area contributed by atoms with Crippen LogP contribution in [0.2, 0.25) is 0 Å². The maximum atomic E-state index is 13.4. The van der Waals surface area contributed by atoms with Crippen LogP contribution in [0.15, 0.2) is 24.3 Å². The van der Waals surface area contributed by atoms with Gasteiger partial charge in [0.2, 0.25) is 0 Å². The highest BCUT2D eigenvalue weighted by atomic mass is 19.4. The van der Waals surface area contributed by atoms with Gasteiger partial charge in [0, 0.05) is 11.1 Å². The summed E-state index contributed by atoms with van der Waals surface area (Å²) in [5, 5.41) is 0. The predicted octanol–water partition coefficient (Wildman–Crippen LogP) is 6.02. The van der Waals surface area contributed by atoms with Crippen LogP contribution >= 0.6 is 0 Å². The number of alkyl halides is 16. The standard InChI is InChI=1S/C16H10F16O7/c1-5(2)7(33)35-9(17,18)11(21,22)37-13(25,26)15(29,30)39-16(31,32)14(27,28)38-12(23,24)10(19,20)36-8(34)6(3)4/h1,3H2,2,4H3. The van der Waals surface area contributed by atoms with Gasteiger partial charge in [0.25, 0.3) is 0 Å². The van der Waals surface area contributed by atoms with Gasteiger partial charge in [-0.25, -0.2) is 23.8 Å². The first kappa shape index (κ1) is 36.2. The van der Waals surface area contributed by atoms with Crippen molar-refractivity contribution in [3.05, 3.63) is 24.3 Å². The summed E-state index contributed by atoms with van der Waals surface area (Å²) in [6.45, 7) is 6.20. The van der Waals surface area contributed by atoms with Crippen LogP contribution in [0.5, 0.6) is 0 Å². The van der Waals surface area contributed by atoms with Crippen LogP contribution < -0.4 is 0 Å². The third kappa shape index (κ3) is 8.09. The lowest BCUT2D eigenvalue weighted by molar-refractivity contribution is -0.577. The van der Waals surface area contributed by atoms with Crippen LogP contribution in [0.3, 0.4) is 0 Å². The molecule has 23 heteroatoms. The van der Waals surface area contributed by atoms with Crippen molar-refractivity contribution in [1.29, 1.82) is 0 Å². The molecule has 0 heterocycles. The number of hydrogen-bond acceptors (Lipinski definition) is 7. The summed E-state index contributed by atoms with van der Waals surface area (Å²) in [6, 6.07) is 0. The molecule has 0 aliphatic heterocycles. The molecule has 0 N–H and O–H groups in total. The monoisotopic (exact) mass is 618 g/mol. The zero-order valence-electron chi connectivity index (χ0n) is 18.3. The Morgan fingerprint density at radius 2 is 0.564 bits per heavy atom. The van der Waals surface area contributed by atoms with E-state index in [-0.39, 0.29) is 0 Å². The van der Waals surface area contributed by atoms with E-state index in [4.69, 9.17) is 0 Å². The molecule has 0 bridgehead atoms. The summed E-state index contributed by atoms with van der Waals surface area (Å²) >= 11 is 0. The molecule has 0 amide bonds. The lowest BCUT2D eigenvalue weighted by Crippen LogP contribution is -2.60. The first-order valence-electron chi connectivity index (χ1n) is 8.68. The van der Waals surface area contributed by atoms with Crippen LogP contribution in [0.4, 0.5) is 70.2 Å². The van der Waals surface area contributed by atoms with Gasteiger partial charge in [-0.15, -0.1) is 0 Å². The fraction of sp³-hybridized carbons (Fsp3) is 0.625. The predicted molar refractivity (Wildman–Crippen MR) is 84.6 cm³/mol. The van der Waals surface area contributed by atoms with Crippen molar-refractivity contribution in [2.75, 3.05) is 0 Å². The minimum absolute atomic E-state index is 0.516. The van der Waals surface area contributed by atoms with Crippen molar-refractivity contribution >= 4 is 11.9 Å². The molecule has 0 radical (unpaired) electrons. The number of ether oxygens (including phenoxy) is 5. The molecule has 0 saturated heterocycles. The van der Waals surface area contributed by atoms with Crippen molar-refractivity contribution < 1.29 is 104 Å². The quantitative estimate of drug-likeness (QED) is 0.134. The molecule has 0 saturated carbocycles. The van der Waals surface area contributed by atoms with E-state index < -0.39 is 72.0 Å². The molecule has 228 valence electrons. The van der Waals surface area contributed by atoms with E-state index in [0.29, 0.717) is 13.8 Å². The second-order valence-corrected chi connectivity index (χ2v) is 6.78. The molecular weight excluding hydrogens is 608 g/mol. The SMILES string of the molecule is C=C(C)C(=O)OC(F)(F)C(F)(F)OC(F)(F)C(F)(F)OC(F)(F)C(F)(F)OC(F)(F)C(F)(F)OC(=O)C(=C)C. The van der Waals surface area contributed by atoms with Gasteiger partial charge in [-0.3, -0.25) is 0 Å². The molecule has 0 aliphatic carbocycles. The largest absolute Gasteiger partial charge is 0.496 e. The highest BCUT2D eigenvalue weighted by molar-refractivity contribution is 5.87. The molecule has 0 spiro atoms. The summed E-state index contributed by atoms with van der Waals surface area (Å²) in [5.41, 5.74) is -2.24. The molecule has 0 aromatic carbocycles. The lowest BCUT2D eigenvalue weighted by Gasteiger charge is -2.35. The van der Waals surface area contributed by atoms with Gasteiger partial charge >= 0.3 is 60.8 Å². The van der Waals surface area contributed by atoms with Gasteiger partial charge in [0.1, 0.15) is 0 Å². The van der Waals surface area contributed by atoms with E-state index in [1.807, 2.05) is 0 Å². The van der Waals surface area contributed by atoms with Crippen LogP contribution in [0, 0.1) is 0 Å². The Labute approximate surface area is 203 Å². The van der Waals surface area contributed by atoms with E-state index in [0.717, 1.165) is 0 Å². The Morgan fingerprint density at radius 1 is 0.410 bits per heavy atom. The number of esters is 2. The molecule has 7 nitrogen and oxygen atoms in total. The molecule has 39 heavy (non-hydrogen) atoms. The minimum Gasteiger partial charge on any atom is -0.391 e. The molecular formula is C16H10F16O7. The van der Waals surface area contributed by atoms with Crippen LogP contribution in [0.1, 0.15) is 13.8 Å². The van der Waals surface area contributed by atoms with E-state index in [1.54, 1.807) is 9.47 Å². The smallest absolute Gasteiger partial charge is 0.391 e. The third-order valence-electron chi connectivity index (χ3n) is 3.26. The topological polar surface area (TPSA) is 80.3 Å². The number of halogens is 16. The van der Waals surface area contributed by atoms with E-state index >= 15 is 0 Å². The summed E-state index contributed by atoms with van der Waals surface area (Å²) in [5.74, 6) is -4.96. The molecule has 0 atom stereocenters. The number of carbonyl (C=O) groups is 2. The normalized spacial score (nSPS) is 14.6. The molecule has 0 aromatic rings. The van der Waals surface area contributed by atoms with Crippen molar-refractivity contribution in [2.45, 2.75) is 62.7 Å². The summed E-state index contributed by atoms with van der Waals surface area (Å²) < 4.78 is 223.